The third-order valence-corrected chi connectivity index (χ3v) is 2.68. The molecule has 0 aliphatic carbocycles. The van der Waals surface area contributed by atoms with E-state index in [1.54, 1.807) is 0 Å². The first-order valence-corrected chi connectivity index (χ1v) is 6.73. The van der Waals surface area contributed by atoms with Crippen molar-refractivity contribution < 1.29 is 78.6 Å². The zero-order valence-electron chi connectivity index (χ0n) is 11.4. The maximum atomic E-state index is 11.4. The molecule has 102 valence electrons. The molecule has 0 fully saturated rings. The van der Waals surface area contributed by atoms with Gasteiger partial charge in [-0.1, -0.05) is 7.60 Å². The van der Waals surface area contributed by atoms with Gasteiger partial charge in [-0.25, -0.2) is 4.79 Å². The van der Waals surface area contributed by atoms with Crippen LogP contribution >= 0.6 is 7.60 Å². The van der Waals surface area contributed by atoms with Crippen LogP contribution in [-0.2, 0) is 11.1 Å². The molecule has 0 aromatic carbocycles. The summed E-state index contributed by atoms with van der Waals surface area (Å²) in [5, 5.41) is 11.4. The van der Waals surface area contributed by atoms with E-state index < -0.39 is 32.2 Å². The second-order valence-electron chi connectivity index (χ2n) is 3.64. The second kappa shape index (κ2) is 10.5. The van der Waals surface area contributed by atoms with Gasteiger partial charge in [-0.15, -0.1) is 0 Å². The zero-order valence-corrected chi connectivity index (χ0v) is 16.2. The second-order valence-corrected chi connectivity index (χ2v) is 5.18. The van der Waals surface area contributed by atoms with Crippen molar-refractivity contribution in [3.8, 4) is 0 Å². The van der Waals surface area contributed by atoms with Gasteiger partial charge in [0.05, 0.1) is 6.61 Å². The molecule has 12 heteroatoms. The predicted molar refractivity (Wildman–Crippen MR) is 59.4 cm³/mol. The van der Waals surface area contributed by atoms with Crippen molar-refractivity contribution in [1.82, 2.24) is 14.9 Å². The molecule has 0 bridgehead atoms. The van der Waals surface area contributed by atoms with Gasteiger partial charge in [0.1, 0.15) is 5.82 Å². The van der Waals surface area contributed by atoms with Crippen LogP contribution in [0.15, 0.2) is 17.1 Å². The number of nitrogens with two attached hydrogens (primary N) is 1. The van der Waals surface area contributed by atoms with E-state index in [9.17, 15) is 19.1 Å². The quantitative estimate of drug-likeness (QED) is 0.344. The van der Waals surface area contributed by atoms with E-state index in [0.717, 1.165) is 4.57 Å². The molecule has 0 radical (unpaired) electrons. The normalized spacial score (nSPS) is 12.2. The Hall–Kier alpha value is 0.750. The van der Waals surface area contributed by atoms with E-state index in [1.807, 2.05) is 0 Å². The Bertz CT molecular complexity index is 508. The fourth-order valence-electron chi connectivity index (χ4n) is 1.25. The average molecular weight is 322 g/mol. The van der Waals surface area contributed by atoms with Gasteiger partial charge in [-0.05, 0) is 6.07 Å². The van der Waals surface area contributed by atoms with Gasteiger partial charge < -0.3 is 30.5 Å². The molecule has 1 rings (SSSR count). The van der Waals surface area contributed by atoms with Gasteiger partial charge >= 0.3 is 64.8 Å². The predicted octanol–water partition coefficient (Wildman–Crippen LogP) is -9.34. The largest absolute Gasteiger partial charge is 1.00 e. The molecule has 1 aromatic heterocycles. The zero-order chi connectivity index (χ0) is 13.8. The molecule has 1 atom stereocenters. The monoisotopic (exact) mass is 322 g/mol. The molecule has 0 spiro atoms. The number of rotatable bonds is 6. The van der Waals surface area contributed by atoms with Gasteiger partial charge in [-0.2, -0.15) is 4.98 Å². The maximum Gasteiger partial charge on any atom is 1.00 e. The molecule has 0 saturated heterocycles. The number of nitrogen functional groups attached to an aromatic ring is 1. The molecule has 0 amide bonds. The van der Waals surface area contributed by atoms with E-state index in [2.05, 4.69) is 10.3 Å². The van der Waals surface area contributed by atoms with Crippen LogP contribution < -0.4 is 85.6 Å². The minimum atomic E-state index is -4.70. The SMILES string of the molecule is Nc1ccn(CC(CO)NCP(=O)([O-])[O-])c(=O)n1.[Na+].[Na+]. The molecule has 9 nitrogen and oxygen atoms in total. The van der Waals surface area contributed by atoms with Crippen LogP contribution in [0.25, 0.3) is 0 Å². The average Bonchev–Trinajstić information content (AvgIpc) is 2.25. The van der Waals surface area contributed by atoms with E-state index in [1.165, 1.54) is 12.3 Å². The summed E-state index contributed by atoms with van der Waals surface area (Å²) in [5.41, 5.74) is 4.68. The Labute approximate surface area is 159 Å². The maximum absolute atomic E-state index is 11.4. The molecule has 1 heterocycles. The van der Waals surface area contributed by atoms with Gasteiger partial charge in [0.2, 0.25) is 0 Å². The summed E-state index contributed by atoms with van der Waals surface area (Å²) < 4.78 is 11.6. The molecule has 0 aliphatic heterocycles. The van der Waals surface area contributed by atoms with Crippen molar-refractivity contribution in [1.29, 1.82) is 0 Å². The summed E-state index contributed by atoms with van der Waals surface area (Å²) >= 11 is 0. The van der Waals surface area contributed by atoms with Crippen molar-refractivity contribution in [3.63, 3.8) is 0 Å². The number of anilines is 1. The van der Waals surface area contributed by atoms with Crippen molar-refractivity contribution in [2.45, 2.75) is 12.6 Å². The van der Waals surface area contributed by atoms with Gasteiger partial charge in [0.25, 0.3) is 0 Å². The summed E-state index contributed by atoms with van der Waals surface area (Å²) in [6.45, 7) is -0.459. The summed E-state index contributed by atoms with van der Waals surface area (Å²) in [6, 6.07) is 0.645. The first kappa shape index (κ1) is 23.0. The smallest absolute Gasteiger partial charge is 0.810 e. The first-order valence-electron chi connectivity index (χ1n) is 5.00. The Morgan fingerprint density at radius 2 is 2.10 bits per heavy atom. The standard InChI is InChI=1S/C8H15N4O5P.2Na/c9-7-1-2-12(8(14)11-7)3-6(4-13)10-5-18(15,16)17;;/h1-2,6,10,13H,3-5H2,(H2,9,11,14)(H2,15,16,17);;/q;2*+1/p-2. The topological polar surface area (TPSA) is 156 Å². The number of aliphatic hydroxyl groups is 1. The molecule has 20 heavy (non-hydrogen) atoms. The number of nitrogens with one attached hydrogen (secondary N) is 1. The van der Waals surface area contributed by atoms with Crippen LogP contribution in [0.5, 0.6) is 0 Å². The number of nitrogens with zero attached hydrogens (tertiary/aromatic N) is 2. The van der Waals surface area contributed by atoms with Crippen LogP contribution in [0.3, 0.4) is 0 Å². The van der Waals surface area contributed by atoms with Crippen LogP contribution in [0.4, 0.5) is 5.82 Å². The third-order valence-electron chi connectivity index (χ3n) is 2.11. The third kappa shape index (κ3) is 8.91. The van der Waals surface area contributed by atoms with Gasteiger partial charge in [-0.3, -0.25) is 4.57 Å². The molecule has 1 aromatic rings. The summed E-state index contributed by atoms with van der Waals surface area (Å²) in [7, 11) is -4.70. The van der Waals surface area contributed by atoms with E-state index in [4.69, 9.17) is 10.8 Å². The number of hydrogen-bond acceptors (Lipinski definition) is 8. The van der Waals surface area contributed by atoms with Crippen LogP contribution in [0.2, 0.25) is 0 Å². The van der Waals surface area contributed by atoms with E-state index >= 15 is 0 Å². The molecule has 1 unspecified atom stereocenters. The first-order chi connectivity index (χ1) is 8.31. The number of aromatic nitrogens is 2. The fraction of sp³-hybridized carbons (Fsp3) is 0.500. The van der Waals surface area contributed by atoms with Crippen molar-refractivity contribution in [2.24, 2.45) is 0 Å². The van der Waals surface area contributed by atoms with Crippen LogP contribution in [0.1, 0.15) is 0 Å². The Morgan fingerprint density at radius 3 is 2.55 bits per heavy atom. The molecule has 4 N–H and O–H groups in total. The summed E-state index contributed by atoms with van der Waals surface area (Å²) in [5.74, 6) is 0.0633. The van der Waals surface area contributed by atoms with Crippen LogP contribution in [-0.4, -0.2) is 33.6 Å². The minimum absolute atomic E-state index is 0. The molecular weight excluding hydrogens is 309 g/mol. The molecule has 0 aliphatic rings. The van der Waals surface area contributed by atoms with E-state index in [0.29, 0.717) is 0 Å². The molecule has 0 saturated carbocycles. The number of aliphatic hydroxyl groups excluding tert-OH is 1. The number of hydrogen-bond donors (Lipinski definition) is 3. The summed E-state index contributed by atoms with van der Waals surface area (Å²) in [4.78, 5) is 35.7. The molecular formula is C8H13N4Na2O5P. The van der Waals surface area contributed by atoms with Gasteiger partial charge in [0.15, 0.2) is 0 Å². The summed E-state index contributed by atoms with van der Waals surface area (Å²) in [6.07, 6.45) is 0.568. The van der Waals surface area contributed by atoms with Crippen molar-refractivity contribution >= 4 is 13.4 Å². The van der Waals surface area contributed by atoms with Gasteiger partial charge in [0, 0.05) is 25.1 Å². The Kier molecular flexibility index (Phi) is 12.1. The fourth-order valence-corrected chi connectivity index (χ4v) is 1.73. The van der Waals surface area contributed by atoms with Crippen molar-refractivity contribution in [3.05, 3.63) is 22.7 Å². The minimum Gasteiger partial charge on any atom is -0.810 e. The van der Waals surface area contributed by atoms with Crippen LogP contribution in [0, 0.1) is 0 Å². The Morgan fingerprint density at radius 1 is 1.50 bits per heavy atom. The van der Waals surface area contributed by atoms with Crippen molar-refractivity contribution in [2.75, 3.05) is 18.6 Å². The Balaban J connectivity index is 0. The van der Waals surface area contributed by atoms with E-state index in [-0.39, 0.29) is 71.5 Å².